The van der Waals surface area contributed by atoms with Crippen LogP contribution in [-0.2, 0) is 0 Å². The molecular formula is C46H31N. The van der Waals surface area contributed by atoms with E-state index in [9.17, 15) is 0 Å². The maximum Gasteiger partial charge on any atom is 0.0467 e. The van der Waals surface area contributed by atoms with E-state index in [1.165, 1.54) is 65.3 Å². The van der Waals surface area contributed by atoms with Gasteiger partial charge in [-0.1, -0.05) is 146 Å². The number of fused-ring (bicyclic) bond motifs is 7. The van der Waals surface area contributed by atoms with Crippen molar-refractivity contribution in [2.24, 2.45) is 0 Å². The Kier molecular flexibility index (Phi) is 6.54. The average Bonchev–Trinajstić information content (AvgIpc) is 3.15. The van der Waals surface area contributed by atoms with Crippen molar-refractivity contribution in [3.05, 3.63) is 188 Å². The molecule has 0 spiro atoms. The molecule has 0 saturated heterocycles. The lowest BCUT2D eigenvalue weighted by atomic mass is 9.92. The van der Waals surface area contributed by atoms with Crippen LogP contribution in [0.1, 0.15) is 0 Å². The number of hydrogen-bond acceptors (Lipinski definition) is 1. The molecule has 0 unspecified atom stereocenters. The summed E-state index contributed by atoms with van der Waals surface area (Å²) in [4.78, 5) is 2.35. The van der Waals surface area contributed by atoms with Gasteiger partial charge in [0.05, 0.1) is 0 Å². The third-order valence-corrected chi connectivity index (χ3v) is 9.42. The predicted molar refractivity (Wildman–Crippen MR) is 202 cm³/mol. The fraction of sp³-hybridized carbons (Fsp3) is 0. The third kappa shape index (κ3) is 4.72. The summed E-state index contributed by atoms with van der Waals surface area (Å²) < 4.78 is 0. The molecule has 0 saturated carbocycles. The number of rotatable bonds is 5. The van der Waals surface area contributed by atoms with Gasteiger partial charge in [0.25, 0.3) is 0 Å². The largest absolute Gasteiger partial charge is 0.310 e. The highest BCUT2D eigenvalue weighted by molar-refractivity contribution is 6.25. The Balaban J connectivity index is 1.14. The van der Waals surface area contributed by atoms with Crippen molar-refractivity contribution >= 4 is 60.2 Å². The van der Waals surface area contributed by atoms with E-state index >= 15 is 0 Å². The van der Waals surface area contributed by atoms with Crippen molar-refractivity contribution in [1.82, 2.24) is 0 Å². The Bertz CT molecular complexity index is 2520. The van der Waals surface area contributed by atoms with Gasteiger partial charge in [0.15, 0.2) is 0 Å². The first-order valence-corrected chi connectivity index (χ1v) is 16.2. The van der Waals surface area contributed by atoms with Crippen LogP contribution in [0.3, 0.4) is 0 Å². The molecule has 0 aliphatic rings. The molecule has 220 valence electrons. The zero-order chi connectivity index (χ0) is 31.2. The maximum absolute atomic E-state index is 2.36. The zero-order valence-electron chi connectivity index (χ0n) is 25.8. The molecule has 0 N–H and O–H groups in total. The molecule has 0 aliphatic heterocycles. The van der Waals surface area contributed by atoms with Gasteiger partial charge in [-0.05, 0) is 108 Å². The van der Waals surface area contributed by atoms with Gasteiger partial charge in [0.2, 0.25) is 0 Å². The van der Waals surface area contributed by atoms with E-state index in [2.05, 4.69) is 193 Å². The van der Waals surface area contributed by atoms with Gasteiger partial charge in [-0.25, -0.2) is 0 Å². The molecule has 0 amide bonds. The lowest BCUT2D eigenvalue weighted by Gasteiger charge is -2.26. The molecule has 9 aromatic rings. The molecule has 47 heavy (non-hydrogen) atoms. The van der Waals surface area contributed by atoms with Gasteiger partial charge in [0.1, 0.15) is 0 Å². The lowest BCUT2D eigenvalue weighted by Crippen LogP contribution is -2.09. The van der Waals surface area contributed by atoms with E-state index in [4.69, 9.17) is 0 Å². The highest BCUT2D eigenvalue weighted by Crippen LogP contribution is 2.40. The number of anilines is 3. The van der Waals surface area contributed by atoms with Crippen LogP contribution in [0.15, 0.2) is 188 Å². The van der Waals surface area contributed by atoms with Crippen LogP contribution in [-0.4, -0.2) is 0 Å². The van der Waals surface area contributed by atoms with Crippen molar-refractivity contribution in [3.8, 4) is 22.3 Å². The second kappa shape index (κ2) is 11.3. The second-order valence-corrected chi connectivity index (χ2v) is 12.1. The SMILES string of the molecule is c1ccc(N(c2ccc(-c3ccc4c5ccccc5c5ccccc5c4c3)cc2)c2cccc(-c3cccc4ccccc34)c2)cc1. The minimum Gasteiger partial charge on any atom is -0.310 e. The van der Waals surface area contributed by atoms with Crippen LogP contribution in [0.5, 0.6) is 0 Å². The lowest BCUT2D eigenvalue weighted by molar-refractivity contribution is 1.28. The molecule has 0 atom stereocenters. The van der Waals surface area contributed by atoms with E-state index < -0.39 is 0 Å². The van der Waals surface area contributed by atoms with Crippen LogP contribution in [0, 0.1) is 0 Å². The first-order valence-electron chi connectivity index (χ1n) is 16.2. The third-order valence-electron chi connectivity index (χ3n) is 9.42. The van der Waals surface area contributed by atoms with Crippen LogP contribution in [0.25, 0.3) is 65.3 Å². The molecule has 9 rings (SSSR count). The second-order valence-electron chi connectivity index (χ2n) is 12.1. The van der Waals surface area contributed by atoms with Gasteiger partial charge < -0.3 is 4.90 Å². The molecule has 1 nitrogen and oxygen atoms in total. The summed E-state index contributed by atoms with van der Waals surface area (Å²) in [6, 6.07) is 68.1. The average molecular weight is 598 g/mol. The fourth-order valence-corrected chi connectivity index (χ4v) is 7.20. The van der Waals surface area contributed by atoms with Crippen molar-refractivity contribution in [2.45, 2.75) is 0 Å². The minimum absolute atomic E-state index is 1.12. The Morgan fingerprint density at radius 3 is 1.49 bits per heavy atom. The molecule has 0 aromatic heterocycles. The van der Waals surface area contributed by atoms with Gasteiger partial charge >= 0.3 is 0 Å². The summed E-state index contributed by atoms with van der Waals surface area (Å²) in [7, 11) is 0. The van der Waals surface area contributed by atoms with Crippen molar-refractivity contribution in [2.75, 3.05) is 4.90 Å². The molecule has 0 aliphatic carbocycles. The number of benzene rings is 9. The Hall–Kier alpha value is -6.18. The van der Waals surface area contributed by atoms with E-state index in [-0.39, 0.29) is 0 Å². The molecule has 1 heteroatoms. The van der Waals surface area contributed by atoms with Crippen molar-refractivity contribution < 1.29 is 0 Å². The molecular weight excluding hydrogens is 567 g/mol. The number of hydrogen-bond donors (Lipinski definition) is 0. The summed E-state index contributed by atoms with van der Waals surface area (Å²) in [5.41, 5.74) is 8.22. The topological polar surface area (TPSA) is 3.24 Å². The first kappa shape index (κ1) is 27.2. The maximum atomic E-state index is 2.36. The van der Waals surface area contributed by atoms with Gasteiger partial charge in [0, 0.05) is 17.1 Å². The van der Waals surface area contributed by atoms with Crippen LogP contribution >= 0.6 is 0 Å². The molecule has 0 radical (unpaired) electrons. The smallest absolute Gasteiger partial charge is 0.0467 e. The summed E-state index contributed by atoms with van der Waals surface area (Å²) in [5.74, 6) is 0. The zero-order valence-corrected chi connectivity index (χ0v) is 25.8. The Morgan fingerprint density at radius 1 is 0.255 bits per heavy atom. The van der Waals surface area contributed by atoms with E-state index in [1.54, 1.807) is 0 Å². The summed E-state index contributed by atoms with van der Waals surface area (Å²) in [6.45, 7) is 0. The monoisotopic (exact) mass is 597 g/mol. The van der Waals surface area contributed by atoms with Crippen molar-refractivity contribution in [1.29, 1.82) is 0 Å². The number of nitrogens with zero attached hydrogens (tertiary/aromatic N) is 1. The van der Waals surface area contributed by atoms with E-state index in [1.807, 2.05) is 0 Å². The minimum atomic E-state index is 1.12. The normalized spacial score (nSPS) is 11.4. The highest BCUT2D eigenvalue weighted by atomic mass is 15.1. The van der Waals surface area contributed by atoms with Crippen molar-refractivity contribution in [3.63, 3.8) is 0 Å². The Morgan fingerprint density at radius 2 is 0.766 bits per heavy atom. The van der Waals surface area contributed by atoms with Gasteiger partial charge in [-0.2, -0.15) is 0 Å². The van der Waals surface area contributed by atoms with Crippen LogP contribution in [0.2, 0.25) is 0 Å². The molecule has 0 bridgehead atoms. The van der Waals surface area contributed by atoms with Crippen LogP contribution in [0.4, 0.5) is 17.1 Å². The van der Waals surface area contributed by atoms with Crippen LogP contribution < -0.4 is 4.90 Å². The predicted octanol–water partition coefficient (Wildman–Crippen LogP) is 13.1. The number of para-hydroxylation sites is 1. The van der Waals surface area contributed by atoms with Gasteiger partial charge in [-0.15, -0.1) is 0 Å². The first-order chi connectivity index (χ1) is 23.3. The molecule has 9 aromatic carbocycles. The summed E-state index contributed by atoms with van der Waals surface area (Å²) in [5, 5.41) is 10.3. The Labute approximate surface area is 274 Å². The summed E-state index contributed by atoms with van der Waals surface area (Å²) in [6.07, 6.45) is 0. The quantitative estimate of drug-likeness (QED) is 0.178. The van der Waals surface area contributed by atoms with E-state index in [0.29, 0.717) is 0 Å². The molecule has 0 fully saturated rings. The highest BCUT2D eigenvalue weighted by Gasteiger charge is 2.15. The summed E-state index contributed by atoms with van der Waals surface area (Å²) >= 11 is 0. The van der Waals surface area contributed by atoms with E-state index in [0.717, 1.165) is 17.1 Å². The van der Waals surface area contributed by atoms with Gasteiger partial charge in [-0.3, -0.25) is 0 Å². The molecule has 0 heterocycles. The fourth-order valence-electron chi connectivity index (χ4n) is 7.20. The standard InChI is InChI=1S/C46H31N/c1-2-15-36(16-3-1)47(38-17-10-14-35(30-38)40-23-11-13-33-12-4-5-18-39(33)40)37-27-24-32(25-28-37)34-26-29-45-43-21-7-6-19-41(43)42-20-8-9-22-44(42)46(45)31-34/h1-31H.